The standard InChI is InChI=1S/C41H48FN7O8S/c1-5-28-37(45-32-20-26(42)15-16-29(32)43-28)56-27-21-33-35(50)46-41(39(53)48-58(54,55)40(4)18-19-40)17-11-13-25(41)12-9-7-6-8-10-14-30(38(52)49(33)23-27)44-36(51)34-22-31(24(2)3)47-57-34/h9,12-13,15-17,20,22,24-25,27,30,33H,5-8,10,14,18-19,21,23H2,1-4H3,(H,44,51)(H,46,50)(H,48,53)/b12-9-/t25?,27-,30+,33+,41-/m1/s1. The highest BCUT2D eigenvalue weighted by molar-refractivity contribution is 7.91. The highest BCUT2D eigenvalue weighted by atomic mass is 32.2. The number of hydrogen-bond donors (Lipinski definition) is 3. The third kappa shape index (κ3) is 8.14. The van der Waals surface area contributed by atoms with Crippen LogP contribution in [0.3, 0.4) is 0 Å². The van der Waals surface area contributed by atoms with Gasteiger partial charge in [-0.15, -0.1) is 5.73 Å². The largest absolute Gasteiger partial charge is 0.471 e. The van der Waals surface area contributed by atoms with E-state index in [0.717, 1.165) is 0 Å². The molecule has 1 saturated carbocycles. The number of nitrogens with one attached hydrogen (secondary N) is 3. The van der Waals surface area contributed by atoms with Crippen LogP contribution in [0, 0.1) is 11.7 Å². The van der Waals surface area contributed by atoms with E-state index in [1.165, 1.54) is 35.2 Å². The molecule has 3 aromatic rings. The van der Waals surface area contributed by atoms with Crippen LogP contribution >= 0.6 is 0 Å². The average molecular weight is 818 g/mol. The molecule has 4 aliphatic rings. The van der Waals surface area contributed by atoms with Gasteiger partial charge in [0.25, 0.3) is 11.8 Å². The number of carbonyl (C=O) groups is 4. The van der Waals surface area contributed by atoms with E-state index in [-0.39, 0.29) is 42.5 Å². The number of sulfonamides is 1. The number of aromatic nitrogens is 3. The maximum atomic E-state index is 14.7. The number of rotatable bonds is 9. The van der Waals surface area contributed by atoms with E-state index in [1.54, 1.807) is 19.1 Å². The van der Waals surface area contributed by atoms with Gasteiger partial charge in [-0.1, -0.05) is 50.9 Å². The lowest BCUT2D eigenvalue weighted by Crippen LogP contribution is -2.64. The van der Waals surface area contributed by atoms with Crippen LogP contribution in [0.5, 0.6) is 5.88 Å². The van der Waals surface area contributed by atoms with Crippen LogP contribution in [0.15, 0.2) is 58.8 Å². The molecule has 58 heavy (non-hydrogen) atoms. The summed E-state index contributed by atoms with van der Waals surface area (Å²) in [4.78, 5) is 67.6. The average Bonchev–Trinajstić information content (AvgIpc) is 3.51. The SMILES string of the molecule is CCc1nc2ccc(F)cc2nc1O[C@@H]1C[C@H]2C(=O)N[C@]3(C(=O)NS(=O)(=O)C4(C)CC4)C=C=CC3/C=C\CCCCC[C@H](NC(=O)c3cc(C(C)C)no3)C(=O)N2C1. The van der Waals surface area contributed by atoms with Crippen LogP contribution in [0.4, 0.5) is 4.39 Å². The molecule has 17 heteroatoms. The summed E-state index contributed by atoms with van der Waals surface area (Å²) in [5, 5.41) is 9.63. The zero-order valence-electron chi connectivity index (χ0n) is 32.9. The van der Waals surface area contributed by atoms with Gasteiger partial charge in [-0.05, 0) is 75.7 Å². The van der Waals surface area contributed by atoms with Gasteiger partial charge in [0.2, 0.25) is 33.5 Å². The Balaban J connectivity index is 1.24. The van der Waals surface area contributed by atoms with Crippen LogP contribution in [0.2, 0.25) is 0 Å². The van der Waals surface area contributed by atoms with Crippen molar-refractivity contribution in [3.05, 3.63) is 77.3 Å². The van der Waals surface area contributed by atoms with Crippen LogP contribution in [-0.4, -0.2) is 87.1 Å². The summed E-state index contributed by atoms with van der Waals surface area (Å²) in [6.07, 6.45) is 9.65. The summed E-state index contributed by atoms with van der Waals surface area (Å²) < 4.78 is 53.7. The Morgan fingerprint density at radius 2 is 1.93 bits per heavy atom. The molecule has 308 valence electrons. The second-order valence-electron chi connectivity index (χ2n) is 16.1. The Bertz CT molecular complexity index is 2330. The minimum Gasteiger partial charge on any atom is -0.471 e. The van der Waals surface area contributed by atoms with Crippen molar-refractivity contribution >= 4 is 44.7 Å². The van der Waals surface area contributed by atoms with Crippen molar-refractivity contribution in [2.24, 2.45) is 5.92 Å². The van der Waals surface area contributed by atoms with Crippen molar-refractivity contribution in [3.8, 4) is 5.88 Å². The molecule has 1 aromatic carbocycles. The zero-order valence-corrected chi connectivity index (χ0v) is 33.7. The second kappa shape index (κ2) is 16.1. The van der Waals surface area contributed by atoms with E-state index in [0.29, 0.717) is 61.9 Å². The van der Waals surface area contributed by atoms with Gasteiger partial charge in [0.05, 0.1) is 28.0 Å². The van der Waals surface area contributed by atoms with Crippen molar-refractivity contribution in [3.63, 3.8) is 0 Å². The summed E-state index contributed by atoms with van der Waals surface area (Å²) >= 11 is 0. The molecule has 4 heterocycles. The first-order chi connectivity index (χ1) is 27.6. The van der Waals surface area contributed by atoms with Crippen LogP contribution in [-0.2, 0) is 30.8 Å². The summed E-state index contributed by atoms with van der Waals surface area (Å²) in [5.41, 5.74) is 2.79. The number of allylic oxidation sites excluding steroid dienone is 1. The molecule has 7 rings (SSSR count). The van der Waals surface area contributed by atoms with Gasteiger partial charge in [0, 0.05) is 24.5 Å². The van der Waals surface area contributed by atoms with Crippen molar-refractivity contribution in [1.82, 2.24) is 35.4 Å². The normalized spacial score (nSPS) is 26.3. The van der Waals surface area contributed by atoms with Crippen molar-refractivity contribution in [2.45, 2.75) is 120 Å². The number of halogens is 1. The lowest BCUT2D eigenvalue weighted by atomic mass is 9.85. The van der Waals surface area contributed by atoms with E-state index in [9.17, 15) is 32.0 Å². The molecular formula is C41H48FN7O8S. The van der Waals surface area contributed by atoms with Crippen molar-refractivity contribution in [1.29, 1.82) is 0 Å². The number of fused-ring (bicyclic) bond motifs is 3. The van der Waals surface area contributed by atoms with E-state index >= 15 is 0 Å². The fourth-order valence-electron chi connectivity index (χ4n) is 7.46. The van der Waals surface area contributed by atoms with Gasteiger partial charge >= 0.3 is 0 Å². The first-order valence-corrected chi connectivity index (χ1v) is 21.3. The molecule has 5 atom stereocenters. The minimum absolute atomic E-state index is 0.00782. The van der Waals surface area contributed by atoms with Crippen molar-refractivity contribution < 1.29 is 41.2 Å². The number of carbonyl (C=O) groups excluding carboxylic acids is 4. The topological polar surface area (TPSA) is 203 Å². The van der Waals surface area contributed by atoms with Gasteiger partial charge in [-0.2, -0.15) is 0 Å². The molecule has 0 bridgehead atoms. The monoisotopic (exact) mass is 817 g/mol. The fraction of sp³-hybridized carbons (Fsp3) is 0.512. The molecule has 3 N–H and O–H groups in total. The Labute approximate surface area is 336 Å². The van der Waals surface area contributed by atoms with E-state index in [4.69, 9.17) is 9.26 Å². The molecule has 4 amide bonds. The van der Waals surface area contributed by atoms with Crippen molar-refractivity contribution in [2.75, 3.05) is 6.54 Å². The number of nitrogens with zero attached hydrogens (tertiary/aromatic N) is 4. The highest BCUT2D eigenvalue weighted by Gasteiger charge is 2.55. The molecule has 0 radical (unpaired) electrons. The first kappa shape index (κ1) is 40.8. The maximum Gasteiger partial charge on any atom is 0.290 e. The molecule has 2 aromatic heterocycles. The smallest absolute Gasteiger partial charge is 0.290 e. The summed E-state index contributed by atoms with van der Waals surface area (Å²) in [7, 11) is -4.11. The van der Waals surface area contributed by atoms with Gasteiger partial charge in [0.1, 0.15) is 29.7 Å². The Morgan fingerprint density at radius 1 is 1.14 bits per heavy atom. The molecular weight excluding hydrogens is 770 g/mol. The molecule has 15 nitrogen and oxygen atoms in total. The zero-order chi connectivity index (χ0) is 41.4. The minimum atomic E-state index is -4.11. The number of ether oxygens (including phenoxy) is 1. The first-order valence-electron chi connectivity index (χ1n) is 19.8. The van der Waals surface area contributed by atoms with E-state index in [2.05, 4.69) is 36.2 Å². The number of benzene rings is 1. The predicted octanol–water partition coefficient (Wildman–Crippen LogP) is 4.30. The third-order valence-electron chi connectivity index (χ3n) is 11.4. The quantitative estimate of drug-likeness (QED) is 0.205. The summed E-state index contributed by atoms with van der Waals surface area (Å²) in [5.74, 6) is -4.20. The van der Waals surface area contributed by atoms with Crippen LogP contribution in [0.25, 0.3) is 11.0 Å². The Hall–Kier alpha value is -5.41. The van der Waals surface area contributed by atoms with Gasteiger partial charge in [-0.3, -0.25) is 23.9 Å². The Morgan fingerprint density at radius 3 is 2.66 bits per heavy atom. The maximum absolute atomic E-state index is 14.7. The third-order valence-corrected chi connectivity index (χ3v) is 13.6. The molecule has 2 fully saturated rings. The van der Waals surface area contributed by atoms with Gasteiger partial charge in [-0.25, -0.2) is 22.8 Å². The van der Waals surface area contributed by atoms with E-state index < -0.39 is 73.9 Å². The molecule has 2 aliphatic carbocycles. The lowest BCUT2D eigenvalue weighted by molar-refractivity contribution is -0.141. The number of hydrogen-bond acceptors (Lipinski definition) is 11. The van der Waals surface area contributed by atoms with Crippen LogP contribution < -0.4 is 20.1 Å². The van der Waals surface area contributed by atoms with E-state index in [1.807, 2.05) is 26.8 Å². The van der Waals surface area contributed by atoms with Gasteiger partial charge in [0.15, 0.2) is 5.54 Å². The molecule has 1 unspecified atom stereocenters. The number of aryl methyl sites for hydroxylation is 1. The summed E-state index contributed by atoms with van der Waals surface area (Å²) in [6.45, 7) is 7.09. The lowest BCUT2D eigenvalue weighted by Gasteiger charge is -2.35. The Kier molecular flexibility index (Phi) is 11.3. The molecule has 1 saturated heterocycles. The summed E-state index contributed by atoms with van der Waals surface area (Å²) in [6, 6.07) is 3.22. The number of amides is 4. The van der Waals surface area contributed by atoms with Gasteiger partial charge < -0.3 is 24.8 Å². The fourth-order valence-corrected chi connectivity index (χ4v) is 8.76. The highest BCUT2D eigenvalue weighted by Crippen LogP contribution is 2.43. The second-order valence-corrected chi connectivity index (χ2v) is 18.2. The molecule has 0 spiro atoms. The molecule has 2 aliphatic heterocycles. The van der Waals surface area contributed by atoms with Crippen LogP contribution in [0.1, 0.15) is 107 Å². The predicted molar refractivity (Wildman–Crippen MR) is 209 cm³/mol.